The van der Waals surface area contributed by atoms with Gasteiger partial charge in [0.2, 0.25) is 0 Å². The lowest BCUT2D eigenvalue weighted by Crippen LogP contribution is -2.53. The van der Waals surface area contributed by atoms with Gasteiger partial charge in [0.1, 0.15) is 0 Å². The van der Waals surface area contributed by atoms with Crippen LogP contribution in [0, 0.1) is 0 Å². The molecular formula is C16H22Cl2N2O. The Hall–Kier alpha value is -0.770. The molecule has 0 atom stereocenters. The number of nitrogens with zero attached hydrogens (tertiary/aromatic N) is 1. The van der Waals surface area contributed by atoms with E-state index in [1.54, 1.807) is 18.2 Å². The van der Waals surface area contributed by atoms with Gasteiger partial charge in [0.25, 0.3) is 5.91 Å². The second-order valence-corrected chi connectivity index (χ2v) is 7.07. The molecule has 1 N–H and O–H groups in total. The lowest BCUT2D eigenvalue weighted by molar-refractivity contribution is 0.0797. The van der Waals surface area contributed by atoms with E-state index in [0.29, 0.717) is 22.2 Å². The van der Waals surface area contributed by atoms with Crippen molar-refractivity contribution in [3.8, 4) is 0 Å². The Balaban J connectivity index is 1.96. The summed E-state index contributed by atoms with van der Waals surface area (Å²) in [4.78, 5) is 14.7. The van der Waals surface area contributed by atoms with Crippen molar-refractivity contribution >= 4 is 29.1 Å². The SMILES string of the molecule is CC(C)(CNC(=O)c1cc(Cl)cc(Cl)c1)N1CCCCC1. The number of likely N-dealkylation sites (tertiary alicyclic amines) is 1. The lowest BCUT2D eigenvalue weighted by atomic mass is 9.98. The summed E-state index contributed by atoms with van der Waals surface area (Å²) >= 11 is 11.9. The average Bonchev–Trinajstić information content (AvgIpc) is 2.45. The van der Waals surface area contributed by atoms with Crippen molar-refractivity contribution in [2.45, 2.75) is 38.6 Å². The highest BCUT2D eigenvalue weighted by molar-refractivity contribution is 6.35. The van der Waals surface area contributed by atoms with Crippen LogP contribution in [0.2, 0.25) is 10.0 Å². The number of amides is 1. The predicted octanol–water partition coefficient (Wildman–Crippen LogP) is 3.99. The molecule has 1 fully saturated rings. The quantitative estimate of drug-likeness (QED) is 0.906. The first kappa shape index (κ1) is 16.6. The summed E-state index contributed by atoms with van der Waals surface area (Å²) < 4.78 is 0. The number of rotatable bonds is 4. The summed E-state index contributed by atoms with van der Waals surface area (Å²) in [5.74, 6) is -0.135. The molecule has 3 nitrogen and oxygen atoms in total. The van der Waals surface area contributed by atoms with Crippen LogP contribution in [0.1, 0.15) is 43.5 Å². The van der Waals surface area contributed by atoms with Crippen LogP contribution in [0.3, 0.4) is 0 Å². The first-order chi connectivity index (χ1) is 9.88. The predicted molar refractivity (Wildman–Crippen MR) is 88.3 cm³/mol. The van der Waals surface area contributed by atoms with E-state index in [1.807, 2.05) is 0 Å². The second-order valence-electron chi connectivity index (χ2n) is 6.20. The first-order valence-electron chi connectivity index (χ1n) is 7.38. The maximum Gasteiger partial charge on any atom is 0.251 e. The van der Waals surface area contributed by atoms with E-state index in [9.17, 15) is 4.79 Å². The molecule has 1 aliphatic heterocycles. The molecule has 1 aromatic carbocycles. The fourth-order valence-electron chi connectivity index (χ4n) is 2.69. The third-order valence-electron chi connectivity index (χ3n) is 4.02. The maximum absolute atomic E-state index is 12.2. The first-order valence-corrected chi connectivity index (χ1v) is 8.13. The molecule has 1 saturated heterocycles. The van der Waals surface area contributed by atoms with Crippen molar-refractivity contribution in [2.24, 2.45) is 0 Å². The Morgan fingerprint density at radius 3 is 2.29 bits per heavy atom. The van der Waals surface area contributed by atoms with Crippen molar-refractivity contribution in [1.82, 2.24) is 10.2 Å². The number of halogens is 2. The molecule has 2 rings (SSSR count). The molecule has 1 aromatic rings. The topological polar surface area (TPSA) is 32.3 Å². The summed E-state index contributed by atoms with van der Waals surface area (Å²) in [6.07, 6.45) is 3.78. The largest absolute Gasteiger partial charge is 0.350 e. The highest BCUT2D eigenvalue weighted by Crippen LogP contribution is 2.21. The van der Waals surface area contributed by atoms with E-state index in [0.717, 1.165) is 13.1 Å². The number of carbonyl (C=O) groups is 1. The standard InChI is InChI=1S/C16H22Cl2N2O/c1-16(2,20-6-4-3-5-7-20)11-19-15(21)12-8-13(17)10-14(18)9-12/h8-10H,3-7,11H2,1-2H3,(H,19,21). The summed E-state index contributed by atoms with van der Waals surface area (Å²) in [6, 6.07) is 4.89. The normalized spacial score (nSPS) is 16.8. The molecule has 0 saturated carbocycles. The molecular weight excluding hydrogens is 307 g/mol. The van der Waals surface area contributed by atoms with Gasteiger partial charge in [-0.05, 0) is 58.0 Å². The summed E-state index contributed by atoms with van der Waals surface area (Å²) in [6.45, 7) is 7.15. The van der Waals surface area contributed by atoms with Crippen molar-refractivity contribution in [3.63, 3.8) is 0 Å². The summed E-state index contributed by atoms with van der Waals surface area (Å²) in [5.41, 5.74) is 0.459. The van der Waals surface area contributed by atoms with Crippen molar-refractivity contribution in [3.05, 3.63) is 33.8 Å². The minimum absolute atomic E-state index is 0.0432. The molecule has 1 heterocycles. The highest BCUT2D eigenvalue weighted by Gasteiger charge is 2.28. The molecule has 0 bridgehead atoms. The van der Waals surface area contributed by atoms with E-state index in [2.05, 4.69) is 24.1 Å². The molecule has 116 valence electrons. The van der Waals surface area contributed by atoms with Crippen LogP contribution in [0.25, 0.3) is 0 Å². The zero-order valence-corrected chi connectivity index (χ0v) is 14.1. The summed E-state index contributed by atoms with van der Waals surface area (Å²) in [5, 5.41) is 3.94. The van der Waals surface area contributed by atoms with Gasteiger partial charge >= 0.3 is 0 Å². The van der Waals surface area contributed by atoms with Crippen molar-refractivity contribution in [2.75, 3.05) is 19.6 Å². The Kier molecular flexibility index (Phi) is 5.53. The number of piperidine rings is 1. The van der Waals surface area contributed by atoms with Gasteiger partial charge in [-0.25, -0.2) is 0 Å². The molecule has 1 aliphatic rings. The van der Waals surface area contributed by atoms with Crippen molar-refractivity contribution in [1.29, 1.82) is 0 Å². The van der Waals surface area contributed by atoms with Crippen LogP contribution in [0.5, 0.6) is 0 Å². The average molecular weight is 329 g/mol. The van der Waals surface area contributed by atoms with Gasteiger partial charge in [-0.1, -0.05) is 29.6 Å². The molecule has 0 aliphatic carbocycles. The van der Waals surface area contributed by atoms with Gasteiger partial charge < -0.3 is 5.32 Å². The number of benzene rings is 1. The molecule has 0 unspecified atom stereocenters. The Morgan fingerprint density at radius 1 is 1.14 bits per heavy atom. The molecule has 0 spiro atoms. The maximum atomic E-state index is 12.2. The molecule has 21 heavy (non-hydrogen) atoms. The van der Waals surface area contributed by atoms with Gasteiger partial charge in [0.05, 0.1) is 0 Å². The molecule has 0 aromatic heterocycles. The molecule has 1 amide bonds. The van der Waals surface area contributed by atoms with E-state index in [-0.39, 0.29) is 11.4 Å². The fourth-order valence-corrected chi connectivity index (χ4v) is 3.22. The van der Waals surface area contributed by atoms with Crippen LogP contribution >= 0.6 is 23.2 Å². The minimum Gasteiger partial charge on any atom is -0.350 e. The Morgan fingerprint density at radius 2 is 1.71 bits per heavy atom. The third kappa shape index (κ3) is 4.60. The number of hydrogen-bond acceptors (Lipinski definition) is 2. The van der Waals surface area contributed by atoms with Gasteiger partial charge in [0, 0.05) is 27.7 Å². The highest BCUT2D eigenvalue weighted by atomic mass is 35.5. The third-order valence-corrected chi connectivity index (χ3v) is 4.45. The van der Waals surface area contributed by atoms with Gasteiger partial charge in [-0.2, -0.15) is 0 Å². The van der Waals surface area contributed by atoms with E-state index >= 15 is 0 Å². The van der Waals surface area contributed by atoms with Gasteiger partial charge in [-0.3, -0.25) is 9.69 Å². The number of hydrogen-bond donors (Lipinski definition) is 1. The molecule has 5 heteroatoms. The molecule has 0 radical (unpaired) electrons. The second kappa shape index (κ2) is 6.99. The Labute approximate surface area is 136 Å². The van der Waals surface area contributed by atoms with Crippen LogP contribution in [-0.4, -0.2) is 36.0 Å². The van der Waals surface area contributed by atoms with Crippen LogP contribution < -0.4 is 5.32 Å². The number of nitrogens with one attached hydrogen (secondary N) is 1. The van der Waals surface area contributed by atoms with E-state index in [4.69, 9.17) is 23.2 Å². The van der Waals surface area contributed by atoms with Crippen LogP contribution in [0.4, 0.5) is 0 Å². The van der Waals surface area contributed by atoms with E-state index in [1.165, 1.54) is 19.3 Å². The van der Waals surface area contributed by atoms with Crippen LogP contribution in [0.15, 0.2) is 18.2 Å². The van der Waals surface area contributed by atoms with Crippen molar-refractivity contribution < 1.29 is 4.79 Å². The van der Waals surface area contributed by atoms with E-state index < -0.39 is 0 Å². The minimum atomic E-state index is -0.135. The summed E-state index contributed by atoms with van der Waals surface area (Å²) in [7, 11) is 0. The van der Waals surface area contributed by atoms with Gasteiger partial charge in [0.15, 0.2) is 0 Å². The Bertz CT molecular complexity index is 491. The lowest BCUT2D eigenvalue weighted by Gasteiger charge is -2.41. The zero-order valence-electron chi connectivity index (χ0n) is 12.6. The zero-order chi connectivity index (χ0) is 15.5. The van der Waals surface area contributed by atoms with Crippen LogP contribution in [-0.2, 0) is 0 Å². The van der Waals surface area contributed by atoms with Gasteiger partial charge in [-0.15, -0.1) is 0 Å². The number of carbonyl (C=O) groups excluding carboxylic acids is 1. The monoisotopic (exact) mass is 328 g/mol. The fraction of sp³-hybridized carbons (Fsp3) is 0.562. The smallest absolute Gasteiger partial charge is 0.251 e.